The molecule has 2 atom stereocenters. The normalized spacial score (nSPS) is 16.5. The maximum atomic E-state index is 2.38. The van der Waals surface area contributed by atoms with E-state index >= 15 is 0 Å². The van der Waals surface area contributed by atoms with Crippen LogP contribution in [-0.2, 0) is 0 Å². The molecule has 0 bridgehead atoms. The molecule has 0 aromatic rings. The fraction of sp³-hybridized carbons (Fsp3) is 0.917. The largest absolute Gasteiger partial charge is 0.0628 e. The van der Waals surface area contributed by atoms with Crippen LogP contribution in [0.25, 0.3) is 0 Å². The quantitative estimate of drug-likeness (QED) is 0.556. The standard InChI is InChI=1S/C12H25/c1-6-11(4)7-8-12(5)9-10(2)3/h6,10-12H,7-9H2,1-5H3. The maximum Gasteiger partial charge on any atom is -0.0389 e. The van der Waals surface area contributed by atoms with Crippen LogP contribution in [0.15, 0.2) is 0 Å². The molecule has 0 heterocycles. The Morgan fingerprint density at radius 3 is 2.00 bits per heavy atom. The predicted octanol–water partition coefficient (Wildman–Crippen LogP) is 4.31. The highest BCUT2D eigenvalue weighted by Crippen LogP contribution is 2.19. The molecule has 0 aromatic heterocycles. The maximum absolute atomic E-state index is 2.38. The van der Waals surface area contributed by atoms with Crippen LogP contribution in [0.4, 0.5) is 0 Å². The van der Waals surface area contributed by atoms with E-state index in [4.69, 9.17) is 0 Å². The lowest BCUT2D eigenvalue weighted by molar-refractivity contribution is 0.385. The molecule has 0 aliphatic heterocycles. The van der Waals surface area contributed by atoms with Crippen LogP contribution in [0.3, 0.4) is 0 Å². The highest BCUT2D eigenvalue weighted by Gasteiger charge is 2.06. The van der Waals surface area contributed by atoms with Gasteiger partial charge >= 0.3 is 0 Å². The fourth-order valence-electron chi connectivity index (χ4n) is 1.64. The molecule has 0 spiro atoms. The molecule has 0 aliphatic rings. The van der Waals surface area contributed by atoms with Crippen LogP contribution < -0.4 is 0 Å². The molecule has 0 heteroatoms. The molecule has 2 unspecified atom stereocenters. The second-order valence-electron chi connectivity index (χ2n) is 4.62. The third kappa shape index (κ3) is 6.69. The first kappa shape index (κ1) is 12.0. The van der Waals surface area contributed by atoms with Crippen LogP contribution in [0.2, 0.25) is 0 Å². The summed E-state index contributed by atoms with van der Waals surface area (Å²) in [5, 5.41) is 0. The van der Waals surface area contributed by atoms with Crippen LogP contribution in [-0.4, -0.2) is 0 Å². The van der Waals surface area contributed by atoms with E-state index in [9.17, 15) is 0 Å². The van der Waals surface area contributed by atoms with Crippen LogP contribution >= 0.6 is 0 Å². The van der Waals surface area contributed by atoms with Gasteiger partial charge in [-0.3, -0.25) is 0 Å². The van der Waals surface area contributed by atoms with Crippen molar-refractivity contribution >= 4 is 0 Å². The number of hydrogen-bond acceptors (Lipinski definition) is 0. The molecule has 0 fully saturated rings. The van der Waals surface area contributed by atoms with Crippen molar-refractivity contribution in [2.75, 3.05) is 0 Å². The lowest BCUT2D eigenvalue weighted by Gasteiger charge is -2.15. The van der Waals surface area contributed by atoms with Gasteiger partial charge in [0.1, 0.15) is 0 Å². The first-order chi connectivity index (χ1) is 5.56. The topological polar surface area (TPSA) is 0 Å². The van der Waals surface area contributed by atoms with Crippen LogP contribution in [0, 0.1) is 24.2 Å². The summed E-state index contributed by atoms with van der Waals surface area (Å²) in [6.07, 6.45) is 6.45. The molecule has 73 valence electrons. The van der Waals surface area contributed by atoms with Gasteiger partial charge in [-0.15, -0.1) is 0 Å². The smallest absolute Gasteiger partial charge is 0.0389 e. The Hall–Kier alpha value is 0. The Kier molecular flexibility index (Phi) is 6.51. The molecule has 0 rings (SSSR count). The van der Waals surface area contributed by atoms with Crippen molar-refractivity contribution in [3.63, 3.8) is 0 Å². The van der Waals surface area contributed by atoms with Crippen molar-refractivity contribution < 1.29 is 0 Å². The van der Waals surface area contributed by atoms with E-state index in [-0.39, 0.29) is 0 Å². The summed E-state index contributed by atoms with van der Waals surface area (Å²) >= 11 is 0. The summed E-state index contributed by atoms with van der Waals surface area (Å²) in [5.74, 6) is 2.58. The van der Waals surface area contributed by atoms with E-state index in [1.807, 2.05) is 0 Å². The molecule has 0 amide bonds. The van der Waals surface area contributed by atoms with Gasteiger partial charge < -0.3 is 0 Å². The highest BCUT2D eigenvalue weighted by molar-refractivity contribution is 4.68. The minimum atomic E-state index is 0.805. The molecule has 0 N–H and O–H groups in total. The third-order valence-electron chi connectivity index (χ3n) is 2.56. The Morgan fingerprint density at radius 2 is 1.58 bits per heavy atom. The van der Waals surface area contributed by atoms with Crippen molar-refractivity contribution in [1.82, 2.24) is 0 Å². The monoisotopic (exact) mass is 169 g/mol. The molecular weight excluding hydrogens is 144 g/mol. The third-order valence-corrected chi connectivity index (χ3v) is 2.56. The van der Waals surface area contributed by atoms with E-state index < -0.39 is 0 Å². The van der Waals surface area contributed by atoms with E-state index in [0.717, 1.165) is 17.8 Å². The van der Waals surface area contributed by atoms with E-state index in [1.54, 1.807) is 0 Å². The van der Waals surface area contributed by atoms with Gasteiger partial charge in [-0.25, -0.2) is 0 Å². The molecule has 0 aliphatic carbocycles. The summed E-state index contributed by atoms with van der Waals surface area (Å²) in [4.78, 5) is 0. The van der Waals surface area contributed by atoms with Crippen LogP contribution in [0.1, 0.15) is 53.9 Å². The zero-order valence-electron chi connectivity index (χ0n) is 9.43. The molecule has 0 aromatic carbocycles. The van der Waals surface area contributed by atoms with Gasteiger partial charge in [0.25, 0.3) is 0 Å². The first-order valence-corrected chi connectivity index (χ1v) is 5.35. The lowest BCUT2D eigenvalue weighted by atomic mass is 9.91. The summed E-state index contributed by atoms with van der Waals surface area (Å²) in [6, 6.07) is 0. The fourth-order valence-corrected chi connectivity index (χ4v) is 1.64. The average Bonchev–Trinajstić information content (AvgIpc) is 1.99. The van der Waals surface area contributed by atoms with E-state index in [2.05, 4.69) is 41.0 Å². The minimum absolute atomic E-state index is 0.805. The molecular formula is C12H25. The van der Waals surface area contributed by atoms with Crippen molar-refractivity contribution in [2.24, 2.45) is 17.8 Å². The summed E-state index contributed by atoms with van der Waals surface area (Å²) in [5.41, 5.74) is 0. The zero-order valence-corrected chi connectivity index (χ0v) is 9.43. The predicted molar refractivity (Wildman–Crippen MR) is 57.0 cm³/mol. The van der Waals surface area contributed by atoms with Gasteiger partial charge in [0.15, 0.2) is 0 Å². The molecule has 12 heavy (non-hydrogen) atoms. The van der Waals surface area contributed by atoms with Gasteiger partial charge in [0.05, 0.1) is 0 Å². The Morgan fingerprint density at radius 1 is 1.00 bits per heavy atom. The van der Waals surface area contributed by atoms with Gasteiger partial charge in [0.2, 0.25) is 0 Å². The van der Waals surface area contributed by atoms with Gasteiger partial charge in [-0.05, 0) is 30.6 Å². The SMILES string of the molecule is C[CH]C(C)CCC(C)CC(C)C. The summed E-state index contributed by atoms with van der Waals surface area (Å²) in [7, 11) is 0. The van der Waals surface area contributed by atoms with Crippen LogP contribution in [0.5, 0.6) is 0 Å². The minimum Gasteiger partial charge on any atom is -0.0628 e. The number of hydrogen-bond donors (Lipinski definition) is 0. The Bertz CT molecular complexity index is 94.2. The molecule has 0 saturated carbocycles. The van der Waals surface area contributed by atoms with Crippen molar-refractivity contribution in [2.45, 2.75) is 53.9 Å². The second kappa shape index (κ2) is 6.51. The zero-order chi connectivity index (χ0) is 9.56. The van der Waals surface area contributed by atoms with Gasteiger partial charge in [0, 0.05) is 0 Å². The molecule has 0 saturated heterocycles. The average molecular weight is 169 g/mol. The van der Waals surface area contributed by atoms with Crippen molar-refractivity contribution in [3.05, 3.63) is 6.42 Å². The number of rotatable bonds is 6. The summed E-state index contributed by atoms with van der Waals surface area (Å²) in [6.45, 7) is 11.5. The van der Waals surface area contributed by atoms with E-state index in [1.165, 1.54) is 19.3 Å². The Labute approximate surface area is 78.8 Å². The lowest BCUT2D eigenvalue weighted by Crippen LogP contribution is -2.03. The Balaban J connectivity index is 3.36. The van der Waals surface area contributed by atoms with Crippen molar-refractivity contribution in [3.8, 4) is 0 Å². The van der Waals surface area contributed by atoms with Gasteiger partial charge in [-0.1, -0.05) is 47.5 Å². The van der Waals surface area contributed by atoms with Crippen molar-refractivity contribution in [1.29, 1.82) is 0 Å². The second-order valence-corrected chi connectivity index (χ2v) is 4.62. The molecule has 1 radical (unpaired) electrons. The summed E-state index contributed by atoms with van der Waals surface area (Å²) < 4.78 is 0. The van der Waals surface area contributed by atoms with Gasteiger partial charge in [-0.2, -0.15) is 0 Å². The highest BCUT2D eigenvalue weighted by atomic mass is 14.1. The van der Waals surface area contributed by atoms with E-state index in [0.29, 0.717) is 0 Å². The molecule has 0 nitrogen and oxygen atoms in total. The first-order valence-electron chi connectivity index (χ1n) is 5.35.